The number of aryl methyl sites for hydroxylation is 2. The van der Waals surface area contributed by atoms with E-state index in [1.165, 1.54) is 22.9 Å². The molecular formula is C27H23FN2O4. The van der Waals surface area contributed by atoms with Gasteiger partial charge in [0.15, 0.2) is 5.78 Å². The molecule has 0 saturated carbocycles. The summed E-state index contributed by atoms with van der Waals surface area (Å²) in [7, 11) is 1.55. The molecule has 6 nitrogen and oxygen atoms in total. The highest BCUT2D eigenvalue weighted by Crippen LogP contribution is 2.19. The molecule has 0 saturated heterocycles. The zero-order valence-corrected chi connectivity index (χ0v) is 19.0. The number of aromatic nitrogens is 1. The molecule has 4 aromatic rings. The number of fused-ring (bicyclic) bond motifs is 1. The summed E-state index contributed by atoms with van der Waals surface area (Å²) in [6, 6.07) is 15.7. The summed E-state index contributed by atoms with van der Waals surface area (Å²) in [5.74, 6) is -0.803. The Labute approximate surface area is 195 Å². The van der Waals surface area contributed by atoms with Gasteiger partial charge >= 0.3 is 0 Å². The number of carbonyl (C=O) groups excluding carboxylic acids is 2. The van der Waals surface area contributed by atoms with Gasteiger partial charge in [-0.15, -0.1) is 0 Å². The van der Waals surface area contributed by atoms with Crippen molar-refractivity contribution < 1.29 is 18.7 Å². The molecule has 0 unspecified atom stereocenters. The monoisotopic (exact) mass is 458 g/mol. The summed E-state index contributed by atoms with van der Waals surface area (Å²) in [5, 5.41) is 2.81. The highest BCUT2D eigenvalue weighted by Gasteiger charge is 2.19. The van der Waals surface area contributed by atoms with Gasteiger partial charge in [-0.1, -0.05) is 12.1 Å². The Bertz CT molecular complexity index is 1470. The number of hydrogen-bond donors (Lipinski definition) is 1. The van der Waals surface area contributed by atoms with Gasteiger partial charge in [0.1, 0.15) is 18.1 Å². The van der Waals surface area contributed by atoms with Crippen LogP contribution in [0.4, 0.5) is 10.1 Å². The van der Waals surface area contributed by atoms with Crippen LogP contribution >= 0.6 is 0 Å². The van der Waals surface area contributed by atoms with Crippen LogP contribution in [-0.2, 0) is 11.3 Å². The summed E-state index contributed by atoms with van der Waals surface area (Å²) in [6.07, 6.45) is 1.37. The Hall–Kier alpha value is -4.26. The number of hydrogen-bond acceptors (Lipinski definition) is 4. The lowest BCUT2D eigenvalue weighted by molar-refractivity contribution is -0.116. The van der Waals surface area contributed by atoms with E-state index in [2.05, 4.69) is 5.32 Å². The first kappa shape index (κ1) is 22.9. The lowest BCUT2D eigenvalue weighted by Crippen LogP contribution is -2.24. The number of benzene rings is 3. The molecule has 0 atom stereocenters. The Morgan fingerprint density at radius 1 is 0.971 bits per heavy atom. The van der Waals surface area contributed by atoms with Crippen LogP contribution in [0.25, 0.3) is 10.9 Å². The minimum atomic E-state index is -0.602. The molecule has 0 radical (unpaired) electrons. The number of ketones is 1. The van der Waals surface area contributed by atoms with E-state index in [1.807, 2.05) is 19.9 Å². The predicted molar refractivity (Wildman–Crippen MR) is 129 cm³/mol. The largest absolute Gasteiger partial charge is 0.497 e. The molecule has 0 bridgehead atoms. The molecule has 0 aliphatic carbocycles. The van der Waals surface area contributed by atoms with Gasteiger partial charge in [-0.2, -0.15) is 0 Å². The highest BCUT2D eigenvalue weighted by molar-refractivity contribution is 6.10. The molecule has 172 valence electrons. The molecule has 0 spiro atoms. The maximum atomic E-state index is 14.0. The van der Waals surface area contributed by atoms with Crippen molar-refractivity contribution >= 4 is 28.3 Å². The standard InChI is InChI=1S/C27H23FN2O4/c1-16-4-5-18(12-17(16)2)26(32)23-14-30(24-11-6-19(28)13-22(24)27(23)33)15-25(31)29-20-7-9-21(34-3)10-8-20/h4-14H,15H2,1-3H3,(H,29,31). The van der Waals surface area contributed by atoms with Crippen molar-refractivity contribution in [3.8, 4) is 5.75 Å². The maximum absolute atomic E-state index is 14.0. The maximum Gasteiger partial charge on any atom is 0.244 e. The molecule has 4 rings (SSSR count). The number of carbonyl (C=O) groups is 2. The summed E-state index contributed by atoms with van der Waals surface area (Å²) in [4.78, 5) is 39.1. The number of ether oxygens (including phenoxy) is 1. The highest BCUT2D eigenvalue weighted by atomic mass is 19.1. The van der Waals surface area contributed by atoms with E-state index in [0.29, 0.717) is 22.5 Å². The number of nitrogens with one attached hydrogen (secondary N) is 1. The second kappa shape index (κ2) is 9.31. The third kappa shape index (κ3) is 4.59. The Morgan fingerprint density at radius 3 is 2.38 bits per heavy atom. The number of amides is 1. The minimum Gasteiger partial charge on any atom is -0.497 e. The predicted octanol–water partition coefficient (Wildman–Crippen LogP) is 4.64. The molecule has 3 aromatic carbocycles. The van der Waals surface area contributed by atoms with Gasteiger partial charge in [0, 0.05) is 22.8 Å². The Balaban J connectivity index is 1.74. The van der Waals surface area contributed by atoms with Gasteiger partial charge in [-0.05, 0) is 73.5 Å². The fraction of sp³-hybridized carbons (Fsp3) is 0.148. The van der Waals surface area contributed by atoms with Crippen LogP contribution in [-0.4, -0.2) is 23.4 Å². The van der Waals surface area contributed by atoms with E-state index < -0.39 is 17.0 Å². The van der Waals surface area contributed by atoms with E-state index in [1.54, 1.807) is 43.5 Å². The molecule has 1 heterocycles. The SMILES string of the molecule is COc1ccc(NC(=O)Cn2cc(C(=O)c3ccc(C)c(C)c3)c(=O)c3cc(F)ccc32)cc1. The van der Waals surface area contributed by atoms with Gasteiger partial charge in [-0.25, -0.2) is 4.39 Å². The second-order valence-electron chi connectivity index (χ2n) is 8.07. The average Bonchev–Trinajstić information content (AvgIpc) is 2.82. The van der Waals surface area contributed by atoms with Crippen molar-refractivity contribution in [2.75, 3.05) is 12.4 Å². The number of nitrogens with zero attached hydrogens (tertiary/aromatic N) is 1. The topological polar surface area (TPSA) is 77.4 Å². The molecule has 0 aliphatic heterocycles. The van der Waals surface area contributed by atoms with Crippen molar-refractivity contribution in [1.29, 1.82) is 0 Å². The van der Waals surface area contributed by atoms with Gasteiger partial charge < -0.3 is 14.6 Å². The summed E-state index contributed by atoms with van der Waals surface area (Å²) < 4.78 is 20.6. The Kier molecular flexibility index (Phi) is 6.27. The fourth-order valence-electron chi connectivity index (χ4n) is 3.73. The molecule has 0 fully saturated rings. The normalized spacial score (nSPS) is 10.8. The molecular weight excluding hydrogens is 435 g/mol. The van der Waals surface area contributed by atoms with Crippen molar-refractivity contribution in [2.24, 2.45) is 0 Å². The van der Waals surface area contributed by atoms with Crippen LogP contribution in [0.5, 0.6) is 5.75 Å². The van der Waals surface area contributed by atoms with Gasteiger partial charge in [-0.3, -0.25) is 14.4 Å². The zero-order chi connectivity index (χ0) is 24.4. The van der Waals surface area contributed by atoms with Crippen molar-refractivity contribution in [2.45, 2.75) is 20.4 Å². The van der Waals surface area contributed by atoms with Gasteiger partial charge in [0.05, 0.1) is 18.2 Å². The number of pyridine rings is 1. The summed E-state index contributed by atoms with van der Waals surface area (Å²) >= 11 is 0. The van der Waals surface area contributed by atoms with Crippen LogP contribution in [0.2, 0.25) is 0 Å². The fourth-order valence-corrected chi connectivity index (χ4v) is 3.73. The third-order valence-electron chi connectivity index (χ3n) is 5.74. The van der Waals surface area contributed by atoms with E-state index in [4.69, 9.17) is 4.74 Å². The van der Waals surface area contributed by atoms with Crippen LogP contribution in [0, 0.1) is 19.7 Å². The van der Waals surface area contributed by atoms with Crippen molar-refractivity contribution in [1.82, 2.24) is 4.57 Å². The zero-order valence-electron chi connectivity index (χ0n) is 19.0. The molecule has 0 aliphatic rings. The quantitative estimate of drug-likeness (QED) is 0.427. The van der Waals surface area contributed by atoms with E-state index in [9.17, 15) is 18.8 Å². The number of rotatable bonds is 6. The lowest BCUT2D eigenvalue weighted by atomic mass is 9.99. The third-order valence-corrected chi connectivity index (χ3v) is 5.74. The van der Waals surface area contributed by atoms with Crippen LogP contribution in [0.1, 0.15) is 27.0 Å². The Morgan fingerprint density at radius 2 is 1.71 bits per heavy atom. The summed E-state index contributed by atoms with van der Waals surface area (Å²) in [6.45, 7) is 3.63. The first-order chi connectivity index (χ1) is 16.3. The van der Waals surface area contributed by atoms with Crippen LogP contribution in [0.3, 0.4) is 0 Å². The smallest absolute Gasteiger partial charge is 0.244 e. The molecule has 1 N–H and O–H groups in total. The van der Waals surface area contributed by atoms with E-state index in [0.717, 1.165) is 17.2 Å². The average molecular weight is 458 g/mol. The summed E-state index contributed by atoms with van der Waals surface area (Å²) in [5.41, 5.74) is 2.50. The molecule has 1 aromatic heterocycles. The van der Waals surface area contributed by atoms with Gasteiger partial charge in [0.2, 0.25) is 11.3 Å². The number of anilines is 1. The van der Waals surface area contributed by atoms with E-state index >= 15 is 0 Å². The van der Waals surface area contributed by atoms with Crippen molar-refractivity contribution in [3.63, 3.8) is 0 Å². The number of halogens is 1. The van der Waals surface area contributed by atoms with Crippen LogP contribution in [0.15, 0.2) is 71.7 Å². The van der Waals surface area contributed by atoms with Crippen molar-refractivity contribution in [3.05, 3.63) is 105 Å². The van der Waals surface area contributed by atoms with E-state index in [-0.39, 0.29) is 23.4 Å². The first-order valence-electron chi connectivity index (χ1n) is 10.7. The lowest BCUT2D eigenvalue weighted by Gasteiger charge is -2.14. The molecule has 34 heavy (non-hydrogen) atoms. The minimum absolute atomic E-state index is 0.0342. The molecule has 7 heteroatoms. The molecule has 1 amide bonds. The first-order valence-corrected chi connectivity index (χ1v) is 10.7. The van der Waals surface area contributed by atoms with Crippen LogP contribution < -0.4 is 15.5 Å². The second-order valence-corrected chi connectivity index (χ2v) is 8.07. The van der Waals surface area contributed by atoms with Gasteiger partial charge in [0.25, 0.3) is 0 Å². The number of methoxy groups -OCH3 is 1.